The molecule has 0 amide bonds. The Hall–Kier alpha value is -2.03. The minimum Gasteiger partial charge on any atom is -0.411 e. The fourth-order valence-corrected chi connectivity index (χ4v) is 1.46. The van der Waals surface area contributed by atoms with Crippen LogP contribution in [0.4, 0.5) is 0 Å². The van der Waals surface area contributed by atoms with Crippen molar-refractivity contribution in [2.24, 2.45) is 5.16 Å². The molecule has 0 saturated heterocycles. The van der Waals surface area contributed by atoms with E-state index in [1.165, 1.54) is 0 Å². The van der Waals surface area contributed by atoms with Crippen LogP contribution in [0.15, 0.2) is 53.9 Å². The molecule has 1 heterocycles. The molecule has 0 atom stereocenters. The van der Waals surface area contributed by atoms with Crippen LogP contribution in [0.3, 0.4) is 0 Å². The van der Waals surface area contributed by atoms with Gasteiger partial charge in [-0.2, -0.15) is 0 Å². The van der Waals surface area contributed by atoms with E-state index in [2.05, 4.69) is 5.16 Å². The Bertz CT molecular complexity index is 472. The highest BCUT2D eigenvalue weighted by atomic mass is 16.4. The molecular formula is C12H12N2O. The van der Waals surface area contributed by atoms with Gasteiger partial charge in [-0.25, -0.2) is 0 Å². The van der Waals surface area contributed by atoms with Crippen molar-refractivity contribution in [3.8, 4) is 5.69 Å². The smallest absolute Gasteiger partial charge is 0.0837 e. The molecule has 3 heteroatoms. The number of rotatable bonds is 2. The molecule has 1 N–H and O–H groups in total. The van der Waals surface area contributed by atoms with E-state index in [1.807, 2.05) is 53.4 Å². The lowest BCUT2D eigenvalue weighted by molar-refractivity contribution is 0.319. The molecule has 3 nitrogen and oxygen atoms in total. The van der Waals surface area contributed by atoms with E-state index in [1.54, 1.807) is 6.92 Å². The maximum Gasteiger partial charge on any atom is 0.0837 e. The van der Waals surface area contributed by atoms with Crippen LogP contribution in [-0.2, 0) is 0 Å². The molecule has 2 aromatic rings. The highest BCUT2D eigenvalue weighted by molar-refractivity contribution is 5.98. The van der Waals surface area contributed by atoms with Crippen LogP contribution in [0.2, 0.25) is 0 Å². The molecule has 76 valence electrons. The van der Waals surface area contributed by atoms with E-state index in [4.69, 9.17) is 5.21 Å². The van der Waals surface area contributed by atoms with Gasteiger partial charge in [0.25, 0.3) is 0 Å². The van der Waals surface area contributed by atoms with Crippen molar-refractivity contribution >= 4 is 5.71 Å². The van der Waals surface area contributed by atoms with Crippen molar-refractivity contribution in [3.05, 3.63) is 54.4 Å². The maximum absolute atomic E-state index is 8.69. The third-order valence-electron chi connectivity index (χ3n) is 2.32. The zero-order chi connectivity index (χ0) is 10.7. The van der Waals surface area contributed by atoms with Crippen molar-refractivity contribution in [3.63, 3.8) is 0 Å². The zero-order valence-electron chi connectivity index (χ0n) is 8.46. The van der Waals surface area contributed by atoms with Crippen LogP contribution < -0.4 is 0 Å². The molecule has 0 radical (unpaired) electrons. The van der Waals surface area contributed by atoms with Crippen LogP contribution in [0.5, 0.6) is 0 Å². The predicted octanol–water partition coefficient (Wildman–Crippen LogP) is 2.68. The van der Waals surface area contributed by atoms with Gasteiger partial charge in [-0.1, -0.05) is 17.3 Å². The first-order valence-electron chi connectivity index (χ1n) is 4.73. The van der Waals surface area contributed by atoms with E-state index in [-0.39, 0.29) is 0 Å². The van der Waals surface area contributed by atoms with E-state index in [0.29, 0.717) is 5.71 Å². The van der Waals surface area contributed by atoms with Crippen molar-refractivity contribution in [2.75, 3.05) is 0 Å². The molecular weight excluding hydrogens is 188 g/mol. The SMILES string of the molecule is C/C(=N/O)c1cccc(-n2cccc2)c1. The number of oxime groups is 1. The summed E-state index contributed by atoms with van der Waals surface area (Å²) in [6.45, 7) is 1.77. The summed E-state index contributed by atoms with van der Waals surface area (Å²) in [7, 11) is 0. The fourth-order valence-electron chi connectivity index (χ4n) is 1.46. The third-order valence-corrected chi connectivity index (χ3v) is 2.32. The van der Waals surface area contributed by atoms with Gasteiger partial charge in [0, 0.05) is 23.6 Å². The monoisotopic (exact) mass is 200 g/mol. The summed E-state index contributed by atoms with van der Waals surface area (Å²) in [5.74, 6) is 0. The quantitative estimate of drug-likeness (QED) is 0.451. The Morgan fingerprint density at radius 3 is 2.60 bits per heavy atom. The van der Waals surface area contributed by atoms with Crippen LogP contribution in [-0.4, -0.2) is 15.5 Å². The van der Waals surface area contributed by atoms with Crippen molar-refractivity contribution in [1.82, 2.24) is 4.57 Å². The summed E-state index contributed by atoms with van der Waals surface area (Å²) in [6, 6.07) is 11.8. The largest absolute Gasteiger partial charge is 0.411 e. The van der Waals surface area contributed by atoms with E-state index >= 15 is 0 Å². The third kappa shape index (κ3) is 1.91. The average molecular weight is 200 g/mol. The number of hydrogen-bond acceptors (Lipinski definition) is 2. The van der Waals surface area contributed by atoms with Crippen LogP contribution in [0, 0.1) is 0 Å². The summed E-state index contributed by atoms with van der Waals surface area (Å²) in [6.07, 6.45) is 3.95. The molecule has 0 saturated carbocycles. The Morgan fingerprint density at radius 2 is 1.93 bits per heavy atom. The van der Waals surface area contributed by atoms with Crippen molar-refractivity contribution < 1.29 is 5.21 Å². The van der Waals surface area contributed by atoms with Gasteiger partial charge in [-0.05, 0) is 31.2 Å². The summed E-state index contributed by atoms with van der Waals surface area (Å²) >= 11 is 0. The molecule has 1 aromatic carbocycles. The second-order valence-corrected chi connectivity index (χ2v) is 3.33. The molecule has 2 rings (SSSR count). The van der Waals surface area contributed by atoms with E-state index in [0.717, 1.165) is 11.3 Å². The van der Waals surface area contributed by atoms with Gasteiger partial charge < -0.3 is 9.77 Å². The van der Waals surface area contributed by atoms with Gasteiger partial charge in [0.15, 0.2) is 0 Å². The summed E-state index contributed by atoms with van der Waals surface area (Å²) in [5.41, 5.74) is 2.59. The van der Waals surface area contributed by atoms with Gasteiger partial charge >= 0.3 is 0 Å². The first-order valence-corrected chi connectivity index (χ1v) is 4.73. The standard InChI is InChI=1S/C12H12N2O/c1-10(13-15)11-5-4-6-12(9-11)14-7-2-3-8-14/h2-9,15H,1H3/b13-10-. The zero-order valence-corrected chi connectivity index (χ0v) is 8.46. The van der Waals surface area contributed by atoms with Gasteiger partial charge in [-0.15, -0.1) is 0 Å². The van der Waals surface area contributed by atoms with Crippen molar-refractivity contribution in [2.45, 2.75) is 6.92 Å². The molecule has 1 aromatic heterocycles. The predicted molar refractivity (Wildman–Crippen MR) is 59.8 cm³/mol. The first kappa shape index (κ1) is 9.52. The molecule has 0 bridgehead atoms. The topological polar surface area (TPSA) is 37.5 Å². The molecule has 0 fully saturated rings. The second-order valence-electron chi connectivity index (χ2n) is 3.33. The number of nitrogens with zero attached hydrogens (tertiary/aromatic N) is 2. The number of hydrogen-bond donors (Lipinski definition) is 1. The van der Waals surface area contributed by atoms with E-state index in [9.17, 15) is 0 Å². The lowest BCUT2D eigenvalue weighted by Crippen LogP contribution is -1.97. The Labute approximate surface area is 88.3 Å². The highest BCUT2D eigenvalue weighted by Gasteiger charge is 2.00. The van der Waals surface area contributed by atoms with E-state index < -0.39 is 0 Å². The average Bonchev–Trinajstić information content (AvgIpc) is 2.82. The number of aromatic nitrogens is 1. The molecule has 0 aliphatic rings. The van der Waals surface area contributed by atoms with Gasteiger partial charge in [-0.3, -0.25) is 0 Å². The summed E-state index contributed by atoms with van der Waals surface area (Å²) < 4.78 is 2.01. The highest BCUT2D eigenvalue weighted by Crippen LogP contribution is 2.11. The van der Waals surface area contributed by atoms with Crippen LogP contribution in [0.25, 0.3) is 5.69 Å². The summed E-state index contributed by atoms with van der Waals surface area (Å²) in [4.78, 5) is 0. The maximum atomic E-state index is 8.69. The fraction of sp³-hybridized carbons (Fsp3) is 0.0833. The normalized spacial score (nSPS) is 11.7. The molecule has 0 spiro atoms. The molecule has 0 aliphatic carbocycles. The first-order chi connectivity index (χ1) is 7.31. The number of benzene rings is 1. The van der Waals surface area contributed by atoms with Gasteiger partial charge in [0.2, 0.25) is 0 Å². The van der Waals surface area contributed by atoms with Crippen molar-refractivity contribution in [1.29, 1.82) is 0 Å². The molecule has 15 heavy (non-hydrogen) atoms. The Morgan fingerprint density at radius 1 is 1.20 bits per heavy atom. The minimum atomic E-state index is 0.615. The Kier molecular flexibility index (Phi) is 2.54. The van der Waals surface area contributed by atoms with Crippen LogP contribution in [0.1, 0.15) is 12.5 Å². The lowest BCUT2D eigenvalue weighted by atomic mass is 10.1. The second kappa shape index (κ2) is 4.00. The molecule has 0 unspecified atom stereocenters. The minimum absolute atomic E-state index is 0.615. The Balaban J connectivity index is 2.44. The van der Waals surface area contributed by atoms with Crippen LogP contribution >= 0.6 is 0 Å². The molecule has 0 aliphatic heterocycles. The summed E-state index contributed by atoms with van der Waals surface area (Å²) in [5, 5.41) is 11.9. The lowest BCUT2D eigenvalue weighted by Gasteiger charge is -2.05. The van der Waals surface area contributed by atoms with Gasteiger partial charge in [0.1, 0.15) is 0 Å². The van der Waals surface area contributed by atoms with Gasteiger partial charge in [0.05, 0.1) is 5.71 Å².